The molecule has 0 aliphatic rings. The van der Waals surface area contributed by atoms with Gasteiger partial charge >= 0.3 is 0 Å². The molecular formula is C13H21F. The average Bonchev–Trinajstić information content (AvgIpc) is 2.18. The van der Waals surface area contributed by atoms with Crippen molar-refractivity contribution in [1.82, 2.24) is 0 Å². The van der Waals surface area contributed by atoms with E-state index >= 15 is 0 Å². The van der Waals surface area contributed by atoms with E-state index in [0.29, 0.717) is 5.92 Å². The summed E-state index contributed by atoms with van der Waals surface area (Å²) in [5, 5.41) is 0. The maximum atomic E-state index is 12.7. The van der Waals surface area contributed by atoms with Crippen molar-refractivity contribution < 1.29 is 4.39 Å². The number of halogens is 1. The van der Waals surface area contributed by atoms with Gasteiger partial charge in [-0.05, 0) is 36.5 Å². The van der Waals surface area contributed by atoms with Gasteiger partial charge in [-0.2, -0.15) is 0 Å². The van der Waals surface area contributed by atoms with Gasteiger partial charge in [-0.1, -0.05) is 39.8 Å². The van der Waals surface area contributed by atoms with E-state index in [-0.39, 0.29) is 5.82 Å². The molecule has 14 heavy (non-hydrogen) atoms. The minimum Gasteiger partial charge on any atom is -0.207 e. The minimum atomic E-state index is -0.128. The molecule has 0 spiro atoms. The Kier molecular flexibility index (Phi) is 7.09. The molecule has 1 aromatic rings. The zero-order valence-corrected chi connectivity index (χ0v) is 9.68. The smallest absolute Gasteiger partial charge is 0.123 e. The Labute approximate surface area is 87.2 Å². The van der Waals surface area contributed by atoms with Crippen molar-refractivity contribution in [3.8, 4) is 0 Å². The lowest BCUT2D eigenvalue weighted by atomic mass is 10.0. The van der Waals surface area contributed by atoms with Gasteiger partial charge in [-0.15, -0.1) is 0 Å². The molecule has 0 nitrogen and oxygen atoms in total. The molecule has 1 heteroatoms. The molecule has 0 N–H and O–H groups in total. The van der Waals surface area contributed by atoms with Crippen LogP contribution in [0.15, 0.2) is 24.3 Å². The maximum Gasteiger partial charge on any atom is 0.123 e. The van der Waals surface area contributed by atoms with Crippen LogP contribution in [0.1, 0.15) is 39.7 Å². The summed E-state index contributed by atoms with van der Waals surface area (Å²) in [6.45, 7) is 8.36. The largest absolute Gasteiger partial charge is 0.207 e. The van der Waals surface area contributed by atoms with Crippen LogP contribution >= 0.6 is 0 Å². The summed E-state index contributed by atoms with van der Waals surface area (Å²) in [7, 11) is 0. The van der Waals surface area contributed by atoms with Crippen LogP contribution in [0.2, 0.25) is 0 Å². The van der Waals surface area contributed by atoms with Gasteiger partial charge in [-0.25, -0.2) is 4.39 Å². The average molecular weight is 196 g/mol. The highest BCUT2D eigenvalue weighted by Gasteiger charge is 1.97. The molecule has 80 valence electrons. The van der Waals surface area contributed by atoms with Crippen molar-refractivity contribution in [1.29, 1.82) is 0 Å². The van der Waals surface area contributed by atoms with E-state index in [1.165, 1.54) is 6.07 Å². The van der Waals surface area contributed by atoms with E-state index < -0.39 is 0 Å². The summed E-state index contributed by atoms with van der Waals surface area (Å²) in [6, 6.07) is 6.84. The van der Waals surface area contributed by atoms with Crippen LogP contribution in [0.3, 0.4) is 0 Å². The van der Waals surface area contributed by atoms with Crippen LogP contribution in [0, 0.1) is 11.7 Å². The summed E-state index contributed by atoms with van der Waals surface area (Å²) >= 11 is 0. The molecule has 0 aliphatic carbocycles. The molecule has 0 atom stereocenters. The first-order valence-electron chi connectivity index (χ1n) is 5.43. The predicted octanol–water partition coefficient (Wildman–Crippen LogP) is 4.44. The van der Waals surface area contributed by atoms with Crippen LogP contribution in [-0.4, -0.2) is 0 Å². The van der Waals surface area contributed by atoms with E-state index in [1.807, 2.05) is 19.9 Å². The normalized spacial score (nSPS) is 9.57. The van der Waals surface area contributed by atoms with E-state index in [2.05, 4.69) is 13.8 Å². The van der Waals surface area contributed by atoms with Gasteiger partial charge in [0.2, 0.25) is 0 Å². The Bertz CT molecular complexity index is 241. The maximum absolute atomic E-state index is 12.7. The van der Waals surface area contributed by atoms with Crippen LogP contribution in [0.4, 0.5) is 4.39 Å². The fraction of sp³-hybridized carbons (Fsp3) is 0.538. The Morgan fingerprint density at radius 1 is 1.21 bits per heavy atom. The van der Waals surface area contributed by atoms with Gasteiger partial charge in [0, 0.05) is 0 Å². The molecule has 0 amide bonds. The van der Waals surface area contributed by atoms with Crippen LogP contribution in [0.25, 0.3) is 0 Å². The number of hydrogen-bond donors (Lipinski definition) is 0. The zero-order chi connectivity index (χ0) is 11.0. The van der Waals surface area contributed by atoms with E-state index in [1.54, 1.807) is 12.1 Å². The molecule has 0 saturated carbocycles. The second kappa shape index (κ2) is 7.54. The SMILES string of the molecule is CC.CC(C)CCc1cccc(F)c1. The minimum absolute atomic E-state index is 0.128. The van der Waals surface area contributed by atoms with Crippen LogP contribution in [-0.2, 0) is 6.42 Å². The highest BCUT2D eigenvalue weighted by molar-refractivity contribution is 5.16. The predicted molar refractivity (Wildman–Crippen MR) is 60.9 cm³/mol. The molecule has 0 heterocycles. The molecule has 0 aromatic heterocycles. The first-order chi connectivity index (χ1) is 6.68. The molecule has 0 saturated heterocycles. The van der Waals surface area contributed by atoms with Gasteiger partial charge in [0.25, 0.3) is 0 Å². The standard InChI is InChI=1S/C11H15F.C2H6/c1-9(2)6-7-10-4-3-5-11(12)8-10;1-2/h3-5,8-9H,6-7H2,1-2H3;1-2H3. The fourth-order valence-electron chi connectivity index (χ4n) is 1.15. The molecule has 0 radical (unpaired) electrons. The Hall–Kier alpha value is -0.850. The highest BCUT2D eigenvalue weighted by atomic mass is 19.1. The summed E-state index contributed by atoms with van der Waals surface area (Å²) in [6.07, 6.45) is 2.11. The van der Waals surface area contributed by atoms with Crippen molar-refractivity contribution in [3.05, 3.63) is 35.6 Å². The molecule has 0 bridgehead atoms. The molecule has 1 aromatic carbocycles. The van der Waals surface area contributed by atoms with Crippen LogP contribution < -0.4 is 0 Å². The number of benzene rings is 1. The quantitative estimate of drug-likeness (QED) is 0.670. The third kappa shape index (κ3) is 5.74. The molecule has 0 aliphatic heterocycles. The van der Waals surface area contributed by atoms with Crippen molar-refractivity contribution >= 4 is 0 Å². The van der Waals surface area contributed by atoms with Gasteiger partial charge in [0.05, 0.1) is 0 Å². The summed E-state index contributed by atoms with van der Waals surface area (Å²) in [4.78, 5) is 0. The summed E-state index contributed by atoms with van der Waals surface area (Å²) < 4.78 is 12.7. The lowest BCUT2D eigenvalue weighted by Crippen LogP contribution is -1.92. The fourth-order valence-corrected chi connectivity index (χ4v) is 1.15. The second-order valence-electron chi connectivity index (χ2n) is 3.56. The van der Waals surface area contributed by atoms with Crippen molar-refractivity contribution in [2.75, 3.05) is 0 Å². The van der Waals surface area contributed by atoms with Crippen molar-refractivity contribution in [3.63, 3.8) is 0 Å². The number of aryl methyl sites for hydroxylation is 1. The Morgan fingerprint density at radius 2 is 1.86 bits per heavy atom. The molecular weight excluding hydrogens is 175 g/mol. The van der Waals surface area contributed by atoms with Gasteiger partial charge < -0.3 is 0 Å². The van der Waals surface area contributed by atoms with E-state index in [0.717, 1.165) is 18.4 Å². The van der Waals surface area contributed by atoms with Gasteiger partial charge in [0.1, 0.15) is 5.82 Å². The zero-order valence-electron chi connectivity index (χ0n) is 9.68. The summed E-state index contributed by atoms with van der Waals surface area (Å²) in [5.41, 5.74) is 1.10. The first-order valence-corrected chi connectivity index (χ1v) is 5.43. The van der Waals surface area contributed by atoms with Gasteiger partial charge in [-0.3, -0.25) is 0 Å². The number of hydrogen-bond acceptors (Lipinski definition) is 0. The monoisotopic (exact) mass is 196 g/mol. The third-order valence-electron chi connectivity index (χ3n) is 1.90. The number of rotatable bonds is 3. The third-order valence-corrected chi connectivity index (χ3v) is 1.90. The Morgan fingerprint density at radius 3 is 2.36 bits per heavy atom. The van der Waals surface area contributed by atoms with Gasteiger partial charge in [0.15, 0.2) is 0 Å². The van der Waals surface area contributed by atoms with Crippen molar-refractivity contribution in [2.45, 2.75) is 40.5 Å². The van der Waals surface area contributed by atoms with E-state index in [9.17, 15) is 4.39 Å². The molecule has 1 rings (SSSR count). The Balaban J connectivity index is 0.000000791. The molecule has 0 fully saturated rings. The van der Waals surface area contributed by atoms with Crippen molar-refractivity contribution in [2.24, 2.45) is 5.92 Å². The van der Waals surface area contributed by atoms with Crippen LogP contribution in [0.5, 0.6) is 0 Å². The van der Waals surface area contributed by atoms with E-state index in [4.69, 9.17) is 0 Å². The topological polar surface area (TPSA) is 0 Å². The lowest BCUT2D eigenvalue weighted by Gasteiger charge is -2.03. The second-order valence-corrected chi connectivity index (χ2v) is 3.56. The summed E-state index contributed by atoms with van der Waals surface area (Å²) in [5.74, 6) is 0.560. The highest BCUT2D eigenvalue weighted by Crippen LogP contribution is 2.09. The first kappa shape index (κ1) is 13.2. The lowest BCUT2D eigenvalue weighted by molar-refractivity contribution is 0.581. The molecule has 0 unspecified atom stereocenters.